The first-order chi connectivity index (χ1) is 14.9. The van der Waals surface area contributed by atoms with Crippen LogP contribution in [0.25, 0.3) is 0 Å². The van der Waals surface area contributed by atoms with Gasteiger partial charge in [0, 0.05) is 57.7 Å². The van der Waals surface area contributed by atoms with Crippen molar-refractivity contribution in [3.8, 4) is 5.75 Å². The van der Waals surface area contributed by atoms with Crippen LogP contribution < -0.4 is 4.74 Å². The van der Waals surface area contributed by atoms with Gasteiger partial charge in [0.05, 0.1) is 0 Å². The van der Waals surface area contributed by atoms with Gasteiger partial charge in [-0.3, -0.25) is 4.98 Å². The number of pyridine rings is 1. The lowest BCUT2D eigenvalue weighted by Gasteiger charge is -2.60. The monoisotopic (exact) mass is 437 g/mol. The number of aliphatic hydroxyl groups excluding tert-OH is 1. The average Bonchev–Trinajstić information content (AvgIpc) is 2.75. The fourth-order valence-electron chi connectivity index (χ4n) is 4.72. The minimum absolute atomic E-state index is 0.00199. The smallest absolute Gasteiger partial charge is 0.147 e. The van der Waals surface area contributed by atoms with Crippen LogP contribution in [0.15, 0.2) is 18.3 Å². The number of hydrogen-bond acceptors (Lipinski definition) is 8. The van der Waals surface area contributed by atoms with Gasteiger partial charge in [-0.05, 0) is 38.3 Å². The molecule has 3 rings (SSSR count). The van der Waals surface area contributed by atoms with E-state index in [4.69, 9.17) is 18.9 Å². The molecule has 3 atom stereocenters. The Morgan fingerprint density at radius 2 is 1.97 bits per heavy atom. The molecule has 1 unspecified atom stereocenters. The largest absolute Gasteiger partial charge is 0.490 e. The van der Waals surface area contributed by atoms with Crippen molar-refractivity contribution in [1.82, 2.24) is 14.8 Å². The van der Waals surface area contributed by atoms with Gasteiger partial charge in [0.15, 0.2) is 0 Å². The molecule has 2 aliphatic rings. The van der Waals surface area contributed by atoms with E-state index in [1.165, 1.54) is 0 Å². The van der Waals surface area contributed by atoms with Crippen LogP contribution >= 0.6 is 0 Å². The van der Waals surface area contributed by atoms with Crippen molar-refractivity contribution in [2.75, 3.05) is 47.9 Å². The predicted molar refractivity (Wildman–Crippen MR) is 118 cm³/mol. The van der Waals surface area contributed by atoms with Crippen LogP contribution in [0, 0.1) is 5.92 Å². The number of piperidine rings is 1. The zero-order chi connectivity index (χ0) is 22.4. The third kappa shape index (κ3) is 5.74. The van der Waals surface area contributed by atoms with Crippen molar-refractivity contribution < 1.29 is 24.1 Å². The zero-order valence-corrected chi connectivity index (χ0v) is 19.6. The summed E-state index contributed by atoms with van der Waals surface area (Å²) in [5.74, 6) is 1.26. The summed E-state index contributed by atoms with van der Waals surface area (Å²) in [5, 5.41) is 11.1. The summed E-state index contributed by atoms with van der Waals surface area (Å²) in [6, 6.07) is 3.89. The number of nitrogens with zero attached hydrogens (tertiary/aromatic N) is 3. The quantitative estimate of drug-likeness (QED) is 0.528. The van der Waals surface area contributed by atoms with Crippen molar-refractivity contribution in [3.63, 3.8) is 0 Å². The molecule has 0 aliphatic carbocycles. The van der Waals surface area contributed by atoms with E-state index in [0.717, 1.165) is 43.8 Å². The van der Waals surface area contributed by atoms with Crippen molar-refractivity contribution >= 4 is 0 Å². The van der Waals surface area contributed by atoms with Gasteiger partial charge >= 0.3 is 0 Å². The molecule has 0 saturated carbocycles. The number of aromatic nitrogens is 1. The molecule has 2 fully saturated rings. The third-order valence-corrected chi connectivity index (χ3v) is 6.35. The van der Waals surface area contributed by atoms with Gasteiger partial charge in [-0.2, -0.15) is 0 Å². The highest BCUT2D eigenvalue weighted by atomic mass is 16.7. The van der Waals surface area contributed by atoms with Crippen LogP contribution in [-0.4, -0.2) is 91.7 Å². The van der Waals surface area contributed by atoms with Crippen LogP contribution in [0.3, 0.4) is 0 Å². The molecule has 0 radical (unpaired) electrons. The highest BCUT2D eigenvalue weighted by molar-refractivity contribution is 5.26. The molecule has 31 heavy (non-hydrogen) atoms. The fourth-order valence-corrected chi connectivity index (χ4v) is 4.72. The second kappa shape index (κ2) is 11.0. The van der Waals surface area contributed by atoms with Gasteiger partial charge in [0.25, 0.3) is 0 Å². The van der Waals surface area contributed by atoms with Gasteiger partial charge in [-0.1, -0.05) is 13.8 Å². The van der Waals surface area contributed by atoms with Crippen LogP contribution in [0.4, 0.5) is 0 Å². The van der Waals surface area contributed by atoms with E-state index in [1.807, 2.05) is 17.0 Å². The number of likely N-dealkylation sites (tertiary alicyclic amines) is 2. The first-order valence-corrected chi connectivity index (χ1v) is 11.3. The van der Waals surface area contributed by atoms with Crippen LogP contribution in [0.5, 0.6) is 5.75 Å². The van der Waals surface area contributed by atoms with Crippen molar-refractivity contribution in [2.45, 2.75) is 63.5 Å². The van der Waals surface area contributed by atoms with Crippen LogP contribution in [-0.2, 0) is 20.6 Å². The molecule has 0 bridgehead atoms. The highest BCUT2D eigenvalue weighted by Crippen LogP contribution is 2.44. The van der Waals surface area contributed by atoms with Gasteiger partial charge in [-0.15, -0.1) is 0 Å². The molecule has 0 aromatic carbocycles. The number of rotatable bonds is 11. The summed E-state index contributed by atoms with van der Waals surface area (Å²) in [6.45, 7) is 6.90. The number of hydrogen-bond donors (Lipinski definition) is 1. The van der Waals surface area contributed by atoms with E-state index < -0.39 is 11.8 Å². The first kappa shape index (κ1) is 24.4. The highest BCUT2D eigenvalue weighted by Gasteiger charge is 2.61. The van der Waals surface area contributed by atoms with Crippen molar-refractivity contribution in [2.24, 2.45) is 5.92 Å². The third-order valence-electron chi connectivity index (χ3n) is 6.35. The Morgan fingerprint density at radius 3 is 2.61 bits per heavy atom. The lowest BCUT2D eigenvalue weighted by Crippen LogP contribution is -2.78. The SMILES string of the molecule is COCO[C@@]1(Cc2cc(OC3CCN(C)CC3)ccn2)C(O)N(COC)[C@H]1CC(C)C. The summed E-state index contributed by atoms with van der Waals surface area (Å²) >= 11 is 0. The standard InChI is InChI=1S/C23H39N3O5/c1-17(2)12-21-23(30-16-29-5,22(27)26(21)15-28-4)14-18-13-20(6-9-24-18)31-19-7-10-25(3)11-8-19/h6,9,13,17,19,21-22,27H,7-8,10-12,14-16H2,1-5H3/t21-,22?,23+/m0/s1. The Hall–Kier alpha value is -1.29. The predicted octanol–water partition coefficient (Wildman–Crippen LogP) is 2.11. The topological polar surface area (TPSA) is 76.5 Å². The lowest BCUT2D eigenvalue weighted by atomic mass is 9.74. The van der Waals surface area contributed by atoms with Gasteiger partial charge in [-0.25, -0.2) is 4.90 Å². The summed E-state index contributed by atoms with van der Waals surface area (Å²) in [4.78, 5) is 8.83. The molecule has 3 heterocycles. The number of aliphatic hydroxyl groups is 1. The second-order valence-electron chi connectivity index (χ2n) is 9.24. The molecule has 8 nitrogen and oxygen atoms in total. The second-order valence-corrected chi connectivity index (χ2v) is 9.24. The lowest BCUT2D eigenvalue weighted by molar-refractivity contribution is -0.332. The van der Waals surface area contributed by atoms with Crippen molar-refractivity contribution in [1.29, 1.82) is 0 Å². The summed E-state index contributed by atoms with van der Waals surface area (Å²) in [5.41, 5.74) is 0.0317. The van der Waals surface area contributed by atoms with Gasteiger partial charge in [0.2, 0.25) is 0 Å². The maximum absolute atomic E-state index is 11.1. The molecular weight excluding hydrogens is 398 g/mol. The average molecular weight is 438 g/mol. The molecule has 2 saturated heterocycles. The Kier molecular flexibility index (Phi) is 8.66. The first-order valence-electron chi connectivity index (χ1n) is 11.3. The summed E-state index contributed by atoms with van der Waals surface area (Å²) in [6.07, 6.45) is 4.60. The van der Waals surface area contributed by atoms with Crippen LogP contribution in [0.2, 0.25) is 0 Å². The summed E-state index contributed by atoms with van der Waals surface area (Å²) < 4.78 is 22.9. The number of ether oxygens (including phenoxy) is 4. The van der Waals surface area contributed by atoms with E-state index >= 15 is 0 Å². The van der Waals surface area contributed by atoms with Crippen LogP contribution in [0.1, 0.15) is 38.8 Å². The molecule has 176 valence electrons. The number of methoxy groups -OCH3 is 2. The zero-order valence-electron chi connectivity index (χ0n) is 19.6. The Labute approximate surface area is 186 Å². The maximum atomic E-state index is 11.1. The van der Waals surface area contributed by atoms with Gasteiger partial charge in [0.1, 0.15) is 37.2 Å². The minimum Gasteiger partial charge on any atom is -0.490 e. The fraction of sp³-hybridized carbons (Fsp3) is 0.783. The molecule has 0 spiro atoms. The Balaban J connectivity index is 1.77. The van der Waals surface area contributed by atoms with Crippen molar-refractivity contribution in [3.05, 3.63) is 24.0 Å². The molecule has 8 heteroatoms. The molecular formula is C23H39N3O5. The Bertz CT molecular complexity index is 683. The van der Waals surface area contributed by atoms with E-state index in [2.05, 4.69) is 30.8 Å². The Morgan fingerprint density at radius 1 is 1.23 bits per heavy atom. The molecule has 1 N–H and O–H groups in total. The molecule has 1 aromatic rings. The normalized spacial score (nSPS) is 28.1. The van der Waals surface area contributed by atoms with E-state index in [-0.39, 0.29) is 18.9 Å². The van der Waals surface area contributed by atoms with E-state index in [9.17, 15) is 5.11 Å². The minimum atomic E-state index is -0.808. The molecule has 1 aromatic heterocycles. The van der Waals surface area contributed by atoms with E-state index in [1.54, 1.807) is 20.4 Å². The molecule has 0 amide bonds. The van der Waals surface area contributed by atoms with Gasteiger partial charge < -0.3 is 29.0 Å². The molecule has 2 aliphatic heterocycles. The maximum Gasteiger partial charge on any atom is 0.147 e. The summed E-state index contributed by atoms with van der Waals surface area (Å²) in [7, 11) is 5.38. The van der Waals surface area contributed by atoms with E-state index in [0.29, 0.717) is 19.1 Å².